The van der Waals surface area contributed by atoms with Crippen molar-refractivity contribution in [3.05, 3.63) is 89.0 Å². The molecule has 0 aliphatic heterocycles. The lowest BCUT2D eigenvalue weighted by Gasteiger charge is -2.18. The van der Waals surface area contributed by atoms with Crippen LogP contribution >= 0.6 is 0 Å². The average Bonchev–Trinajstić information content (AvgIpc) is 3.67. The number of carbonyl (C=O) groups excluding carboxylic acids is 5. The highest BCUT2D eigenvalue weighted by molar-refractivity contribution is 7.90. The Bertz CT molecular complexity index is 2300. The molecule has 0 saturated heterocycles. The molecule has 17 heteroatoms. The third-order valence-electron chi connectivity index (χ3n) is 8.20. The Labute approximate surface area is 298 Å². The number of aryl methyl sites for hydroxylation is 1. The summed E-state index contributed by atoms with van der Waals surface area (Å²) in [5.41, 5.74) is 8.20. The van der Waals surface area contributed by atoms with Crippen molar-refractivity contribution in [3.63, 3.8) is 0 Å². The van der Waals surface area contributed by atoms with Crippen LogP contribution in [0.1, 0.15) is 75.3 Å². The van der Waals surface area contributed by atoms with E-state index in [4.69, 9.17) is 10.5 Å². The van der Waals surface area contributed by atoms with Crippen LogP contribution in [0.3, 0.4) is 0 Å². The number of benzene rings is 3. The minimum atomic E-state index is -4.49. The van der Waals surface area contributed by atoms with Crippen molar-refractivity contribution in [2.45, 2.75) is 50.0 Å². The van der Waals surface area contributed by atoms with Gasteiger partial charge in [-0.2, -0.15) is 0 Å². The summed E-state index contributed by atoms with van der Waals surface area (Å²) in [6, 6.07) is 13.7. The second kappa shape index (κ2) is 15.8. The smallest absolute Gasteiger partial charge is 0.339 e. The molecule has 5 N–H and O–H groups in total. The fraction of sp³-hybridized carbons (Fsp3) is 0.286. The van der Waals surface area contributed by atoms with Gasteiger partial charge in [-0.1, -0.05) is 25.5 Å². The maximum absolute atomic E-state index is 13.5. The van der Waals surface area contributed by atoms with Crippen LogP contribution in [-0.4, -0.2) is 77.4 Å². The quantitative estimate of drug-likeness (QED) is 0.0902. The molecule has 0 bridgehead atoms. The Morgan fingerprint density at radius 2 is 1.71 bits per heavy atom. The molecule has 0 aliphatic rings. The molecule has 272 valence electrons. The first kappa shape index (κ1) is 37.2. The second-order valence-corrected chi connectivity index (χ2v) is 13.5. The van der Waals surface area contributed by atoms with Gasteiger partial charge in [-0.15, -0.1) is 0 Å². The molecule has 16 nitrogen and oxygen atoms in total. The number of nitrogens with zero attached hydrogens (tertiary/aromatic N) is 3. The number of methoxy groups -OCH3 is 1. The van der Waals surface area contributed by atoms with E-state index in [1.165, 1.54) is 18.2 Å². The third kappa shape index (κ3) is 8.43. The standard InChI is InChI=1S/C35H37N7O9S/c1-4-5-16-51-35(47)25(14-15-31(43)41-52(48,49)28-9-7-6-8-22(28)34(46)50-3)40-33(45)21-11-13-24-27(18-21)42(2)30(39-24)19-29-37-23-12-10-20(32(36)44)17-26(23)38-29/h6-13,17-18,25H,4-5,14-16,19H2,1-3H3,(H2,36,44)(H,37,38)(H,40,45)(H,41,43)/t25-/m0/s1. The number of imidazole rings is 2. The summed E-state index contributed by atoms with van der Waals surface area (Å²) in [5, 5.41) is 2.62. The van der Waals surface area contributed by atoms with Crippen LogP contribution in [0.2, 0.25) is 0 Å². The van der Waals surface area contributed by atoms with Gasteiger partial charge in [0.1, 0.15) is 22.6 Å². The van der Waals surface area contributed by atoms with E-state index in [0.717, 1.165) is 19.6 Å². The number of unbranched alkanes of at least 4 members (excludes halogenated alkanes) is 1. The zero-order valence-corrected chi connectivity index (χ0v) is 29.4. The normalized spacial score (nSPS) is 12.0. The van der Waals surface area contributed by atoms with Gasteiger partial charge < -0.3 is 30.1 Å². The SMILES string of the molecule is CCCCOC(=O)[C@H](CCC(=O)NS(=O)(=O)c1ccccc1C(=O)OC)NC(=O)c1ccc2nc(Cc3nc4ccc(C(N)=O)cc4[nH]3)n(C)c2c1. The predicted octanol–water partition coefficient (Wildman–Crippen LogP) is 2.65. The number of esters is 2. The van der Waals surface area contributed by atoms with Crippen molar-refractivity contribution in [2.24, 2.45) is 12.8 Å². The van der Waals surface area contributed by atoms with Gasteiger partial charge >= 0.3 is 11.9 Å². The summed E-state index contributed by atoms with van der Waals surface area (Å²) in [6.45, 7) is 2.00. The number of ether oxygens (including phenoxy) is 2. The van der Waals surface area contributed by atoms with Gasteiger partial charge in [-0.25, -0.2) is 32.7 Å². The zero-order chi connectivity index (χ0) is 37.6. The highest BCUT2D eigenvalue weighted by Gasteiger charge is 2.28. The van der Waals surface area contributed by atoms with E-state index in [1.54, 1.807) is 48.0 Å². The molecule has 0 spiro atoms. The lowest BCUT2D eigenvalue weighted by atomic mass is 10.1. The number of sulfonamides is 1. The predicted molar refractivity (Wildman–Crippen MR) is 188 cm³/mol. The van der Waals surface area contributed by atoms with Crippen molar-refractivity contribution in [1.82, 2.24) is 29.6 Å². The molecule has 52 heavy (non-hydrogen) atoms. The molecule has 0 unspecified atom stereocenters. The van der Waals surface area contributed by atoms with E-state index in [2.05, 4.69) is 25.0 Å². The van der Waals surface area contributed by atoms with Gasteiger partial charge in [0.25, 0.3) is 15.9 Å². The Morgan fingerprint density at radius 1 is 0.981 bits per heavy atom. The van der Waals surface area contributed by atoms with Crippen LogP contribution in [0.4, 0.5) is 0 Å². The van der Waals surface area contributed by atoms with E-state index in [1.807, 2.05) is 11.6 Å². The van der Waals surface area contributed by atoms with Crippen molar-refractivity contribution >= 4 is 61.8 Å². The monoisotopic (exact) mass is 731 g/mol. The van der Waals surface area contributed by atoms with Crippen molar-refractivity contribution in [3.8, 4) is 0 Å². The summed E-state index contributed by atoms with van der Waals surface area (Å²) >= 11 is 0. The Morgan fingerprint density at radius 3 is 2.44 bits per heavy atom. The number of aromatic nitrogens is 4. The number of nitrogens with one attached hydrogen (secondary N) is 3. The summed E-state index contributed by atoms with van der Waals surface area (Å²) in [6.07, 6.45) is 0.866. The molecule has 0 aliphatic carbocycles. The molecule has 2 aromatic heterocycles. The maximum atomic E-state index is 13.5. The summed E-state index contributed by atoms with van der Waals surface area (Å²) < 4.78 is 39.6. The number of H-pyrrole nitrogens is 1. The van der Waals surface area contributed by atoms with Crippen LogP contribution in [0, 0.1) is 0 Å². The van der Waals surface area contributed by atoms with E-state index >= 15 is 0 Å². The van der Waals surface area contributed by atoms with Crippen molar-refractivity contribution in [1.29, 1.82) is 0 Å². The molecule has 0 saturated carbocycles. The number of nitrogens with two attached hydrogens (primary N) is 1. The summed E-state index contributed by atoms with van der Waals surface area (Å²) in [5.74, 6) is -2.61. The molecule has 3 amide bonds. The number of primary amides is 1. The first-order chi connectivity index (χ1) is 24.8. The Balaban J connectivity index is 1.30. The van der Waals surface area contributed by atoms with Gasteiger partial charge in [-0.3, -0.25) is 14.4 Å². The highest BCUT2D eigenvalue weighted by atomic mass is 32.2. The van der Waals surface area contributed by atoms with Crippen LogP contribution in [-0.2, 0) is 42.6 Å². The van der Waals surface area contributed by atoms with Gasteiger partial charge in [0.15, 0.2) is 0 Å². The molecular weight excluding hydrogens is 694 g/mol. The van der Waals surface area contributed by atoms with Crippen molar-refractivity contribution in [2.75, 3.05) is 13.7 Å². The van der Waals surface area contributed by atoms with E-state index in [0.29, 0.717) is 52.1 Å². The Hall–Kier alpha value is -6.10. The van der Waals surface area contributed by atoms with Gasteiger partial charge in [0, 0.05) is 24.6 Å². The molecular formula is C35H37N7O9S. The van der Waals surface area contributed by atoms with E-state index in [9.17, 15) is 32.4 Å². The second-order valence-electron chi connectivity index (χ2n) is 11.8. The highest BCUT2D eigenvalue weighted by Crippen LogP contribution is 2.21. The molecule has 1 atom stereocenters. The molecule has 3 aromatic carbocycles. The lowest BCUT2D eigenvalue weighted by molar-refractivity contribution is -0.146. The number of carbonyl (C=O) groups is 5. The third-order valence-corrected chi connectivity index (χ3v) is 9.63. The molecule has 0 fully saturated rings. The fourth-order valence-corrected chi connectivity index (χ4v) is 6.62. The van der Waals surface area contributed by atoms with E-state index in [-0.39, 0.29) is 24.2 Å². The summed E-state index contributed by atoms with van der Waals surface area (Å²) in [7, 11) is -1.61. The average molecular weight is 732 g/mol. The van der Waals surface area contributed by atoms with Crippen LogP contribution in [0.15, 0.2) is 65.6 Å². The minimum Gasteiger partial charge on any atom is -0.465 e. The fourth-order valence-electron chi connectivity index (χ4n) is 5.41. The molecule has 5 rings (SSSR count). The first-order valence-corrected chi connectivity index (χ1v) is 17.7. The van der Waals surface area contributed by atoms with Gasteiger partial charge in [-0.05, 0) is 61.4 Å². The van der Waals surface area contributed by atoms with Gasteiger partial charge in [0.05, 0.1) is 47.8 Å². The number of fused-ring (bicyclic) bond motifs is 2. The maximum Gasteiger partial charge on any atom is 0.339 e. The topological polar surface area (TPSA) is 235 Å². The first-order valence-electron chi connectivity index (χ1n) is 16.3. The number of hydrogen-bond acceptors (Lipinski definition) is 11. The minimum absolute atomic E-state index is 0.0912. The Kier molecular flexibility index (Phi) is 11.3. The molecule has 5 aromatic rings. The largest absolute Gasteiger partial charge is 0.465 e. The van der Waals surface area contributed by atoms with Crippen LogP contribution in [0.5, 0.6) is 0 Å². The number of rotatable bonds is 15. The van der Waals surface area contributed by atoms with Gasteiger partial charge in [0.2, 0.25) is 11.8 Å². The van der Waals surface area contributed by atoms with Crippen molar-refractivity contribution < 1.29 is 41.9 Å². The lowest BCUT2D eigenvalue weighted by Crippen LogP contribution is -2.43. The number of hydrogen-bond donors (Lipinski definition) is 4. The van der Waals surface area contributed by atoms with Crippen LogP contribution < -0.4 is 15.8 Å². The number of amides is 3. The number of aromatic amines is 1. The summed E-state index contributed by atoms with van der Waals surface area (Å²) in [4.78, 5) is 75.0. The van der Waals surface area contributed by atoms with Crippen LogP contribution in [0.25, 0.3) is 22.1 Å². The molecule has 0 radical (unpaired) electrons. The zero-order valence-electron chi connectivity index (χ0n) is 28.6. The van der Waals surface area contributed by atoms with E-state index < -0.39 is 57.0 Å². The molecule has 2 heterocycles.